The van der Waals surface area contributed by atoms with Crippen LogP contribution in [0.5, 0.6) is 0 Å². The fourth-order valence-electron chi connectivity index (χ4n) is 1.18. The summed E-state index contributed by atoms with van der Waals surface area (Å²) in [5, 5.41) is 12.0. The molecular weight excluding hydrogens is 240 g/mol. The minimum atomic E-state index is -1.04. The van der Waals surface area contributed by atoms with Crippen molar-refractivity contribution in [3.8, 4) is 0 Å². The van der Waals surface area contributed by atoms with Gasteiger partial charge in [0.05, 0.1) is 5.03 Å². The Morgan fingerprint density at radius 3 is 2.82 bits per heavy atom. The summed E-state index contributed by atoms with van der Waals surface area (Å²) in [6.45, 7) is 3.24. The molecule has 0 saturated heterocycles. The average molecular weight is 254 g/mol. The maximum Gasteiger partial charge on any atom is 0.327 e. The molecule has 92 valence electrons. The van der Waals surface area contributed by atoms with Gasteiger partial charge in [-0.25, -0.2) is 9.78 Å². The fourth-order valence-corrected chi connectivity index (χ4v) is 2.14. The molecule has 0 aromatic carbocycles. The smallest absolute Gasteiger partial charge is 0.327 e. The average Bonchev–Trinajstić information content (AvgIpc) is 2.23. The molecule has 0 saturated carbocycles. The monoisotopic (exact) mass is 254 g/mol. The molecule has 0 fully saturated rings. The van der Waals surface area contributed by atoms with Crippen molar-refractivity contribution in [2.24, 2.45) is 0 Å². The topological polar surface area (TPSA) is 79.3 Å². The van der Waals surface area contributed by atoms with E-state index in [1.54, 1.807) is 6.20 Å². The van der Waals surface area contributed by atoms with Crippen LogP contribution in [0.15, 0.2) is 23.4 Å². The molecule has 0 bridgehead atoms. The largest absolute Gasteiger partial charge is 0.480 e. The van der Waals surface area contributed by atoms with E-state index < -0.39 is 12.0 Å². The number of rotatable bonds is 5. The minimum absolute atomic E-state index is 0.255. The van der Waals surface area contributed by atoms with Gasteiger partial charge in [-0.15, -0.1) is 11.8 Å². The van der Waals surface area contributed by atoms with E-state index in [1.165, 1.54) is 18.7 Å². The number of nitrogens with one attached hydrogen (secondary N) is 1. The van der Waals surface area contributed by atoms with Gasteiger partial charge in [0, 0.05) is 18.9 Å². The molecule has 0 radical (unpaired) electrons. The van der Waals surface area contributed by atoms with Crippen molar-refractivity contribution < 1.29 is 14.7 Å². The Kier molecular flexibility index (Phi) is 4.96. The summed E-state index contributed by atoms with van der Waals surface area (Å²) in [6.07, 6.45) is 1.67. The van der Waals surface area contributed by atoms with Crippen LogP contribution >= 0.6 is 11.8 Å². The van der Waals surface area contributed by atoms with Crippen LogP contribution in [0.3, 0.4) is 0 Å². The van der Waals surface area contributed by atoms with Crippen LogP contribution < -0.4 is 5.32 Å². The molecule has 17 heavy (non-hydrogen) atoms. The lowest BCUT2D eigenvalue weighted by Gasteiger charge is -2.12. The molecule has 5 nitrogen and oxygen atoms in total. The van der Waals surface area contributed by atoms with E-state index in [4.69, 9.17) is 5.11 Å². The van der Waals surface area contributed by atoms with Gasteiger partial charge in [0.1, 0.15) is 6.04 Å². The first-order valence-corrected chi connectivity index (χ1v) is 6.03. The second-order valence-electron chi connectivity index (χ2n) is 3.57. The van der Waals surface area contributed by atoms with Crippen LogP contribution in [-0.2, 0) is 9.59 Å². The summed E-state index contributed by atoms with van der Waals surface area (Å²) in [5.74, 6) is -1.14. The maximum atomic E-state index is 10.9. The molecule has 1 heterocycles. The highest BCUT2D eigenvalue weighted by atomic mass is 32.2. The number of aliphatic carboxylic acids is 1. The van der Waals surface area contributed by atoms with E-state index in [9.17, 15) is 9.59 Å². The number of aryl methyl sites for hydroxylation is 1. The van der Waals surface area contributed by atoms with Gasteiger partial charge in [-0.3, -0.25) is 4.79 Å². The van der Waals surface area contributed by atoms with Crippen molar-refractivity contribution in [3.63, 3.8) is 0 Å². The molecule has 0 aliphatic rings. The Morgan fingerprint density at radius 1 is 1.59 bits per heavy atom. The quantitative estimate of drug-likeness (QED) is 0.768. The Labute approximate surface area is 104 Å². The highest BCUT2D eigenvalue weighted by Crippen LogP contribution is 2.16. The van der Waals surface area contributed by atoms with Gasteiger partial charge in [-0.2, -0.15) is 0 Å². The van der Waals surface area contributed by atoms with E-state index in [-0.39, 0.29) is 11.7 Å². The molecule has 1 rings (SSSR count). The molecule has 0 aliphatic carbocycles. The Balaban J connectivity index is 2.57. The molecule has 1 atom stereocenters. The van der Waals surface area contributed by atoms with Crippen LogP contribution in [0.1, 0.15) is 12.5 Å². The number of thioether (sulfide) groups is 1. The van der Waals surface area contributed by atoms with Gasteiger partial charge in [0.2, 0.25) is 5.91 Å². The summed E-state index contributed by atoms with van der Waals surface area (Å²) < 4.78 is 0. The van der Waals surface area contributed by atoms with Crippen LogP contribution in [-0.4, -0.2) is 33.8 Å². The van der Waals surface area contributed by atoms with Gasteiger partial charge >= 0.3 is 5.97 Å². The van der Waals surface area contributed by atoms with Gasteiger partial charge in [-0.05, 0) is 24.6 Å². The van der Waals surface area contributed by atoms with Crippen molar-refractivity contribution in [1.82, 2.24) is 10.3 Å². The number of hydrogen-bond donors (Lipinski definition) is 2. The molecule has 6 heteroatoms. The summed E-state index contributed by atoms with van der Waals surface area (Å²) >= 11 is 1.31. The van der Waals surface area contributed by atoms with Crippen LogP contribution in [0.25, 0.3) is 0 Å². The third kappa shape index (κ3) is 4.86. The number of nitrogens with zero attached hydrogens (tertiary/aromatic N) is 1. The predicted octanol–water partition coefficient (Wildman–Crippen LogP) is 1.07. The number of carboxylic acids is 1. The summed E-state index contributed by atoms with van der Waals surface area (Å²) in [6, 6.07) is 2.85. The molecule has 1 amide bonds. The standard InChI is InChI=1S/C11H14N2O3S/c1-7-3-4-12-10(5-7)17-6-9(11(15)16)13-8(2)14/h3-5,9H,6H2,1-2H3,(H,13,14)(H,15,16)/t9-/m0/s1. The molecule has 0 spiro atoms. The van der Waals surface area contributed by atoms with Gasteiger partial charge in [0.25, 0.3) is 0 Å². The van der Waals surface area contributed by atoms with Crippen molar-refractivity contribution >= 4 is 23.6 Å². The molecule has 2 N–H and O–H groups in total. The van der Waals surface area contributed by atoms with Crippen LogP contribution in [0.2, 0.25) is 0 Å². The summed E-state index contributed by atoms with van der Waals surface area (Å²) in [5.41, 5.74) is 1.06. The van der Waals surface area contributed by atoms with Gasteiger partial charge < -0.3 is 10.4 Å². The second-order valence-corrected chi connectivity index (χ2v) is 4.61. The molecule has 0 unspecified atom stereocenters. The lowest BCUT2D eigenvalue weighted by molar-refractivity contribution is -0.140. The molecule has 1 aromatic rings. The van der Waals surface area contributed by atoms with E-state index in [2.05, 4.69) is 10.3 Å². The van der Waals surface area contributed by atoms with Crippen molar-refractivity contribution in [2.75, 3.05) is 5.75 Å². The van der Waals surface area contributed by atoms with E-state index >= 15 is 0 Å². The second kappa shape index (κ2) is 6.24. The van der Waals surface area contributed by atoms with Crippen molar-refractivity contribution in [1.29, 1.82) is 0 Å². The van der Waals surface area contributed by atoms with Crippen LogP contribution in [0, 0.1) is 6.92 Å². The zero-order valence-electron chi connectivity index (χ0n) is 9.64. The SMILES string of the molecule is CC(=O)N[C@@H](CSc1cc(C)ccn1)C(=O)O. The number of pyridine rings is 1. The number of aromatic nitrogens is 1. The van der Waals surface area contributed by atoms with E-state index in [0.717, 1.165) is 10.6 Å². The Hall–Kier alpha value is -1.56. The first-order valence-electron chi connectivity index (χ1n) is 5.04. The third-order valence-corrected chi connectivity index (χ3v) is 2.98. The molecular formula is C11H14N2O3S. The predicted molar refractivity (Wildman–Crippen MR) is 64.9 cm³/mol. The lowest BCUT2D eigenvalue weighted by atomic mass is 10.3. The first kappa shape index (κ1) is 13.5. The van der Waals surface area contributed by atoms with E-state index in [1.807, 2.05) is 19.1 Å². The number of carbonyl (C=O) groups is 2. The van der Waals surface area contributed by atoms with Gasteiger partial charge in [0.15, 0.2) is 0 Å². The summed E-state index contributed by atoms with van der Waals surface area (Å²) in [4.78, 5) is 25.8. The van der Waals surface area contributed by atoms with Crippen LogP contribution in [0.4, 0.5) is 0 Å². The van der Waals surface area contributed by atoms with E-state index in [0.29, 0.717) is 0 Å². The zero-order chi connectivity index (χ0) is 12.8. The zero-order valence-corrected chi connectivity index (χ0v) is 10.5. The fraction of sp³-hybridized carbons (Fsp3) is 0.364. The van der Waals surface area contributed by atoms with Crippen molar-refractivity contribution in [3.05, 3.63) is 23.9 Å². The summed E-state index contributed by atoms with van der Waals surface area (Å²) in [7, 11) is 0. The molecule has 0 aliphatic heterocycles. The normalized spacial score (nSPS) is 11.9. The van der Waals surface area contributed by atoms with Gasteiger partial charge in [-0.1, -0.05) is 0 Å². The third-order valence-electron chi connectivity index (χ3n) is 1.96. The maximum absolute atomic E-state index is 10.9. The lowest BCUT2D eigenvalue weighted by Crippen LogP contribution is -2.41. The minimum Gasteiger partial charge on any atom is -0.480 e. The Morgan fingerprint density at radius 2 is 2.29 bits per heavy atom. The Bertz CT molecular complexity index is 423. The number of hydrogen-bond acceptors (Lipinski definition) is 4. The highest BCUT2D eigenvalue weighted by Gasteiger charge is 2.18. The first-order chi connectivity index (χ1) is 7.99. The number of carbonyl (C=O) groups excluding carboxylic acids is 1. The highest BCUT2D eigenvalue weighted by molar-refractivity contribution is 7.99. The number of carboxylic acid groups (broad SMARTS) is 1. The number of amides is 1. The molecule has 1 aromatic heterocycles. The van der Waals surface area contributed by atoms with Crippen molar-refractivity contribution in [2.45, 2.75) is 24.9 Å².